The van der Waals surface area contributed by atoms with E-state index in [1.807, 2.05) is 5.48 Å². The van der Waals surface area contributed by atoms with E-state index in [0.717, 1.165) is 6.26 Å². The molecule has 2 N–H and O–H groups in total. The molecule has 12 heteroatoms. The smallest absolute Gasteiger partial charge is 0.272 e. The summed E-state index contributed by atoms with van der Waals surface area (Å²) in [7, 11) is -3.54. The van der Waals surface area contributed by atoms with Gasteiger partial charge < -0.3 is 5.21 Å². The van der Waals surface area contributed by atoms with Gasteiger partial charge in [-0.1, -0.05) is 18.2 Å². The first-order valence-electron chi connectivity index (χ1n) is 11.3. The first-order chi connectivity index (χ1) is 16.8. The number of alkyl halides is 2. The minimum absolute atomic E-state index is 0.0633. The van der Waals surface area contributed by atoms with E-state index in [1.165, 1.54) is 34.9 Å². The van der Waals surface area contributed by atoms with Gasteiger partial charge in [-0.25, -0.2) is 32.1 Å². The summed E-state index contributed by atoms with van der Waals surface area (Å²) >= 11 is 0. The summed E-state index contributed by atoms with van der Waals surface area (Å²) in [6.45, 7) is 0.911. The minimum Gasteiger partial charge on any atom is -0.317 e. The summed E-state index contributed by atoms with van der Waals surface area (Å²) in [5, 5.41) is 9.32. The van der Waals surface area contributed by atoms with Gasteiger partial charge in [0.05, 0.1) is 35.1 Å². The van der Waals surface area contributed by atoms with Gasteiger partial charge in [0, 0.05) is 31.5 Å². The van der Waals surface area contributed by atoms with Gasteiger partial charge in [0.2, 0.25) is 0 Å². The molecule has 36 heavy (non-hydrogen) atoms. The van der Waals surface area contributed by atoms with Crippen LogP contribution in [0.3, 0.4) is 0 Å². The molecule has 1 aliphatic rings. The molecule has 194 valence electrons. The van der Waals surface area contributed by atoms with Crippen LogP contribution in [-0.2, 0) is 22.9 Å². The van der Waals surface area contributed by atoms with Crippen LogP contribution >= 0.6 is 0 Å². The number of hydrogen-bond donors (Lipinski definition) is 2. The third-order valence-electron chi connectivity index (χ3n) is 6.72. The first kappa shape index (κ1) is 26.3. The molecule has 2 heterocycles. The molecule has 0 bridgehead atoms. The molecule has 8 nitrogen and oxygen atoms in total. The predicted molar refractivity (Wildman–Crippen MR) is 129 cm³/mol. The van der Waals surface area contributed by atoms with Crippen molar-refractivity contribution < 1.29 is 26.8 Å². The van der Waals surface area contributed by atoms with E-state index in [4.69, 9.17) is 5.21 Å². The highest BCUT2D eigenvalue weighted by Crippen LogP contribution is 2.30. The van der Waals surface area contributed by atoms with Crippen molar-refractivity contribution in [3.8, 4) is 11.1 Å². The molecule has 1 atom stereocenters. The van der Waals surface area contributed by atoms with Crippen molar-refractivity contribution in [1.82, 2.24) is 19.9 Å². The molecule has 2 aromatic carbocycles. The van der Waals surface area contributed by atoms with Crippen LogP contribution in [-0.4, -0.2) is 64.6 Å². The highest BCUT2D eigenvalue weighted by atomic mass is 32.2. The van der Waals surface area contributed by atoms with Gasteiger partial charge in [-0.3, -0.25) is 14.3 Å². The Morgan fingerprint density at radius 1 is 1.19 bits per heavy atom. The number of fused-ring (bicyclic) bond motifs is 1. The Morgan fingerprint density at radius 3 is 2.53 bits per heavy atom. The minimum atomic E-state index is -3.54. The third-order valence-corrected chi connectivity index (χ3v) is 8.85. The second-order valence-corrected chi connectivity index (χ2v) is 12.1. The SMILES string of the molecule is CC(CCn1cnc2cc(-c3ccc(CN4CC(F)(F)C4)cc3F)ccc2c1=O)(CNO)S(C)(=O)=O. The van der Waals surface area contributed by atoms with E-state index in [9.17, 15) is 26.4 Å². The van der Waals surface area contributed by atoms with E-state index in [0.29, 0.717) is 27.6 Å². The van der Waals surface area contributed by atoms with Crippen LogP contribution < -0.4 is 11.0 Å². The lowest BCUT2D eigenvalue weighted by atomic mass is 10.0. The third kappa shape index (κ3) is 5.31. The predicted octanol–water partition coefficient (Wildman–Crippen LogP) is 2.83. The zero-order valence-electron chi connectivity index (χ0n) is 19.8. The summed E-state index contributed by atoms with van der Waals surface area (Å²) < 4.78 is 65.2. The van der Waals surface area contributed by atoms with Gasteiger partial charge in [-0.05, 0) is 42.7 Å². The highest BCUT2D eigenvalue weighted by molar-refractivity contribution is 7.92. The summed E-state index contributed by atoms with van der Waals surface area (Å²) in [6.07, 6.45) is 2.45. The fraction of sp³-hybridized carbons (Fsp3) is 0.417. The van der Waals surface area contributed by atoms with Crippen LogP contribution in [0.15, 0.2) is 47.5 Å². The molecule has 0 aliphatic carbocycles. The normalized spacial score (nSPS) is 17.6. The maximum absolute atomic E-state index is 14.9. The number of hydrogen-bond acceptors (Lipinski definition) is 7. The summed E-state index contributed by atoms with van der Waals surface area (Å²) in [4.78, 5) is 18.8. The Bertz CT molecular complexity index is 1450. The standard InChI is InChI=1S/C24H27F3N4O4S/c1-23(12-29-33,36(2,34)35)7-8-31-15-28-21-10-17(4-6-19(21)22(31)32)18-5-3-16(9-20(18)25)11-30-13-24(26,27)14-30/h3-6,9-10,15,29,33H,7-8,11-14H2,1-2H3. The van der Waals surface area contributed by atoms with E-state index in [1.54, 1.807) is 24.3 Å². The van der Waals surface area contributed by atoms with Crippen molar-refractivity contribution in [1.29, 1.82) is 0 Å². The van der Waals surface area contributed by atoms with Gasteiger partial charge in [-0.15, -0.1) is 0 Å². The lowest BCUT2D eigenvalue weighted by molar-refractivity contribution is -0.133. The Kier molecular flexibility index (Phi) is 6.99. The quantitative estimate of drug-likeness (QED) is 0.415. The van der Waals surface area contributed by atoms with E-state index in [-0.39, 0.29) is 44.7 Å². The number of aromatic nitrogens is 2. The number of likely N-dealkylation sites (tertiary alicyclic amines) is 1. The fourth-order valence-corrected chi connectivity index (χ4v) is 5.07. The number of sulfone groups is 1. The molecule has 1 aliphatic heterocycles. The van der Waals surface area contributed by atoms with E-state index < -0.39 is 26.3 Å². The number of nitrogens with zero attached hydrogens (tertiary/aromatic N) is 3. The summed E-state index contributed by atoms with van der Waals surface area (Å²) in [5.74, 6) is -3.19. The van der Waals surface area contributed by atoms with E-state index in [2.05, 4.69) is 4.98 Å². The molecule has 1 fully saturated rings. The van der Waals surface area contributed by atoms with Crippen molar-refractivity contribution in [2.75, 3.05) is 25.9 Å². The number of nitrogens with one attached hydrogen (secondary N) is 1. The average molecular weight is 525 g/mol. The monoisotopic (exact) mass is 524 g/mol. The maximum Gasteiger partial charge on any atom is 0.272 e. The second kappa shape index (κ2) is 9.58. The number of halogens is 3. The molecule has 0 spiro atoms. The first-order valence-corrected chi connectivity index (χ1v) is 13.2. The van der Waals surface area contributed by atoms with Crippen LogP contribution in [0.2, 0.25) is 0 Å². The number of benzene rings is 2. The van der Waals surface area contributed by atoms with Crippen LogP contribution in [0.4, 0.5) is 13.2 Å². The Labute approximate surface area is 206 Å². The number of aryl methyl sites for hydroxylation is 1. The zero-order valence-corrected chi connectivity index (χ0v) is 20.7. The van der Waals surface area contributed by atoms with Crippen molar-refractivity contribution in [2.24, 2.45) is 0 Å². The molecule has 0 amide bonds. The van der Waals surface area contributed by atoms with Crippen LogP contribution in [0, 0.1) is 5.82 Å². The zero-order chi connectivity index (χ0) is 26.3. The molecule has 1 unspecified atom stereocenters. The Balaban J connectivity index is 1.54. The highest BCUT2D eigenvalue weighted by Gasteiger charge is 2.43. The molecule has 1 aromatic heterocycles. The lowest BCUT2D eigenvalue weighted by Crippen LogP contribution is -2.55. The van der Waals surface area contributed by atoms with Gasteiger partial charge >= 0.3 is 0 Å². The molecule has 4 rings (SSSR count). The Hall–Kier alpha value is -2.80. The number of hydroxylamine groups is 1. The van der Waals surface area contributed by atoms with Crippen molar-refractivity contribution in [2.45, 2.75) is 37.1 Å². The number of rotatable bonds is 9. The fourth-order valence-electron chi connectivity index (χ4n) is 4.28. The molecular weight excluding hydrogens is 497 g/mol. The average Bonchev–Trinajstić information content (AvgIpc) is 2.77. The van der Waals surface area contributed by atoms with Gasteiger partial charge in [0.1, 0.15) is 5.82 Å². The molecule has 3 aromatic rings. The maximum atomic E-state index is 14.9. The van der Waals surface area contributed by atoms with Crippen molar-refractivity contribution >= 4 is 20.7 Å². The molecule has 0 radical (unpaired) electrons. The molecule has 0 saturated carbocycles. The topological polar surface area (TPSA) is 105 Å². The molecular formula is C24H27F3N4O4S. The van der Waals surface area contributed by atoms with Crippen LogP contribution in [0.5, 0.6) is 0 Å². The van der Waals surface area contributed by atoms with Crippen molar-refractivity contribution in [3.05, 3.63) is 64.5 Å². The van der Waals surface area contributed by atoms with E-state index >= 15 is 0 Å². The summed E-state index contributed by atoms with van der Waals surface area (Å²) in [5.41, 5.74) is 3.26. The Morgan fingerprint density at radius 2 is 1.92 bits per heavy atom. The van der Waals surface area contributed by atoms with Crippen LogP contribution in [0.25, 0.3) is 22.0 Å². The summed E-state index contributed by atoms with van der Waals surface area (Å²) in [6, 6.07) is 9.31. The van der Waals surface area contributed by atoms with Crippen LogP contribution in [0.1, 0.15) is 18.9 Å². The molecule has 1 saturated heterocycles. The largest absolute Gasteiger partial charge is 0.317 e. The van der Waals surface area contributed by atoms with Gasteiger partial charge in [0.25, 0.3) is 11.5 Å². The second-order valence-electron chi connectivity index (χ2n) is 9.60. The van der Waals surface area contributed by atoms with Crippen molar-refractivity contribution in [3.63, 3.8) is 0 Å². The van der Waals surface area contributed by atoms with Gasteiger partial charge in [-0.2, -0.15) is 0 Å². The van der Waals surface area contributed by atoms with Gasteiger partial charge in [0.15, 0.2) is 9.84 Å². The lowest BCUT2D eigenvalue weighted by Gasteiger charge is -2.38.